The zero-order valence-electron chi connectivity index (χ0n) is 8.25. The standard InChI is InChI=1S/C10H10F3NOS/c11-10(12,13)7-2-1-6-3-8(5-15-14)16-9(6)4-7/h1-2,4,8H,3,5,14H2. The van der Waals surface area contributed by atoms with Gasteiger partial charge in [0.05, 0.1) is 12.2 Å². The van der Waals surface area contributed by atoms with E-state index in [2.05, 4.69) is 4.84 Å². The summed E-state index contributed by atoms with van der Waals surface area (Å²) in [6.45, 7) is 0.348. The van der Waals surface area contributed by atoms with E-state index in [0.717, 1.165) is 11.6 Å². The molecule has 0 fully saturated rings. The number of halogens is 3. The van der Waals surface area contributed by atoms with Crippen LogP contribution in [0.25, 0.3) is 0 Å². The highest BCUT2D eigenvalue weighted by Crippen LogP contribution is 2.40. The Hall–Kier alpha value is -0.720. The van der Waals surface area contributed by atoms with Crippen LogP contribution in [0.1, 0.15) is 11.1 Å². The molecule has 1 atom stereocenters. The summed E-state index contributed by atoms with van der Waals surface area (Å²) < 4.78 is 37.3. The Morgan fingerprint density at radius 3 is 2.81 bits per heavy atom. The molecule has 0 saturated heterocycles. The third-order valence-electron chi connectivity index (χ3n) is 2.42. The van der Waals surface area contributed by atoms with E-state index in [0.29, 0.717) is 17.9 Å². The van der Waals surface area contributed by atoms with Crippen LogP contribution in [0.4, 0.5) is 13.2 Å². The highest BCUT2D eigenvalue weighted by molar-refractivity contribution is 8.00. The predicted octanol–water partition coefficient (Wildman–Crippen LogP) is 2.61. The average molecular weight is 249 g/mol. The molecule has 1 unspecified atom stereocenters. The molecule has 0 saturated carbocycles. The molecule has 1 aromatic rings. The van der Waals surface area contributed by atoms with Gasteiger partial charge in [-0.15, -0.1) is 11.8 Å². The van der Waals surface area contributed by atoms with Crippen LogP contribution in [-0.2, 0) is 17.4 Å². The maximum Gasteiger partial charge on any atom is 0.416 e. The van der Waals surface area contributed by atoms with Crippen LogP contribution in [0.3, 0.4) is 0 Å². The number of hydrogen-bond acceptors (Lipinski definition) is 3. The van der Waals surface area contributed by atoms with Crippen molar-refractivity contribution in [2.24, 2.45) is 5.90 Å². The molecule has 0 aliphatic carbocycles. The number of thioether (sulfide) groups is 1. The van der Waals surface area contributed by atoms with Gasteiger partial charge in [0.15, 0.2) is 0 Å². The predicted molar refractivity (Wildman–Crippen MR) is 54.9 cm³/mol. The molecular formula is C10H10F3NOS. The van der Waals surface area contributed by atoms with E-state index in [1.54, 1.807) is 0 Å². The van der Waals surface area contributed by atoms with E-state index in [1.807, 2.05) is 0 Å². The van der Waals surface area contributed by atoms with Crippen molar-refractivity contribution >= 4 is 11.8 Å². The van der Waals surface area contributed by atoms with Crippen LogP contribution in [0.15, 0.2) is 23.1 Å². The van der Waals surface area contributed by atoms with Gasteiger partial charge < -0.3 is 4.84 Å². The molecule has 88 valence electrons. The molecule has 2 N–H and O–H groups in total. The van der Waals surface area contributed by atoms with Crippen LogP contribution >= 0.6 is 11.8 Å². The SMILES string of the molecule is NOCC1Cc2ccc(C(F)(F)F)cc2S1. The zero-order chi connectivity index (χ0) is 11.8. The monoisotopic (exact) mass is 249 g/mol. The van der Waals surface area contributed by atoms with Gasteiger partial charge in [0.2, 0.25) is 0 Å². The summed E-state index contributed by atoms with van der Waals surface area (Å²) >= 11 is 1.39. The lowest BCUT2D eigenvalue weighted by molar-refractivity contribution is -0.137. The summed E-state index contributed by atoms with van der Waals surface area (Å²) in [5, 5.41) is 0.114. The first-order valence-corrected chi connectivity index (χ1v) is 5.57. The average Bonchev–Trinajstić information content (AvgIpc) is 2.57. The Bertz CT molecular complexity index is 394. The zero-order valence-corrected chi connectivity index (χ0v) is 9.07. The normalized spacial score (nSPS) is 19.9. The van der Waals surface area contributed by atoms with Gasteiger partial charge >= 0.3 is 6.18 Å². The van der Waals surface area contributed by atoms with Gasteiger partial charge in [-0.2, -0.15) is 13.2 Å². The molecule has 0 bridgehead atoms. The lowest BCUT2D eigenvalue weighted by Gasteiger charge is -2.07. The smallest absolute Gasteiger partial charge is 0.303 e. The number of rotatable bonds is 2. The third kappa shape index (κ3) is 2.34. The van der Waals surface area contributed by atoms with Crippen molar-refractivity contribution in [1.29, 1.82) is 0 Å². The summed E-state index contributed by atoms with van der Waals surface area (Å²) in [7, 11) is 0. The quantitative estimate of drug-likeness (QED) is 0.818. The summed E-state index contributed by atoms with van der Waals surface area (Å²) in [5.74, 6) is 4.95. The number of alkyl halides is 3. The Morgan fingerprint density at radius 1 is 1.44 bits per heavy atom. The molecule has 0 amide bonds. The van der Waals surface area contributed by atoms with E-state index in [9.17, 15) is 13.2 Å². The molecule has 6 heteroatoms. The maximum atomic E-state index is 12.4. The van der Waals surface area contributed by atoms with Crippen LogP contribution in [0.5, 0.6) is 0 Å². The van der Waals surface area contributed by atoms with Crippen LogP contribution in [-0.4, -0.2) is 11.9 Å². The Labute approximate surface area is 94.9 Å². The second-order valence-electron chi connectivity index (χ2n) is 3.60. The second kappa shape index (κ2) is 4.27. The van der Waals surface area contributed by atoms with Gasteiger partial charge in [-0.3, -0.25) is 0 Å². The molecule has 0 aromatic heterocycles. The molecular weight excluding hydrogens is 239 g/mol. The van der Waals surface area contributed by atoms with E-state index in [4.69, 9.17) is 5.90 Å². The molecule has 0 radical (unpaired) electrons. The maximum absolute atomic E-state index is 12.4. The summed E-state index contributed by atoms with van der Waals surface area (Å²) in [4.78, 5) is 5.19. The van der Waals surface area contributed by atoms with Gasteiger partial charge in [-0.05, 0) is 24.1 Å². The van der Waals surface area contributed by atoms with Gasteiger partial charge in [0.25, 0.3) is 0 Å². The van der Waals surface area contributed by atoms with E-state index in [1.165, 1.54) is 23.9 Å². The van der Waals surface area contributed by atoms with Crippen molar-refractivity contribution in [3.05, 3.63) is 29.3 Å². The van der Waals surface area contributed by atoms with Crippen LogP contribution in [0, 0.1) is 0 Å². The number of nitrogens with two attached hydrogens (primary N) is 1. The van der Waals surface area contributed by atoms with Gasteiger partial charge in [-0.1, -0.05) is 6.07 Å². The minimum atomic E-state index is -4.28. The van der Waals surface area contributed by atoms with E-state index < -0.39 is 11.7 Å². The first-order chi connectivity index (χ1) is 7.50. The topological polar surface area (TPSA) is 35.2 Å². The van der Waals surface area contributed by atoms with E-state index in [-0.39, 0.29) is 5.25 Å². The number of hydrogen-bond donors (Lipinski definition) is 1. The number of fused-ring (bicyclic) bond motifs is 1. The third-order valence-corrected chi connectivity index (χ3v) is 3.69. The van der Waals surface area contributed by atoms with Crippen molar-refractivity contribution in [3.8, 4) is 0 Å². The van der Waals surface area contributed by atoms with Crippen molar-refractivity contribution < 1.29 is 18.0 Å². The Kier molecular flexibility index (Phi) is 3.14. The van der Waals surface area contributed by atoms with Gasteiger partial charge in [0, 0.05) is 10.1 Å². The van der Waals surface area contributed by atoms with Crippen molar-refractivity contribution in [1.82, 2.24) is 0 Å². The fourth-order valence-corrected chi connectivity index (χ4v) is 2.94. The van der Waals surface area contributed by atoms with Crippen molar-refractivity contribution in [3.63, 3.8) is 0 Å². The molecule has 1 aromatic carbocycles. The lowest BCUT2D eigenvalue weighted by atomic mass is 10.1. The second-order valence-corrected chi connectivity index (χ2v) is 4.94. The highest BCUT2D eigenvalue weighted by atomic mass is 32.2. The summed E-state index contributed by atoms with van der Waals surface area (Å²) in [5.41, 5.74) is 0.327. The van der Waals surface area contributed by atoms with Gasteiger partial charge in [0.1, 0.15) is 0 Å². The molecule has 1 aliphatic heterocycles. The fraction of sp³-hybridized carbons (Fsp3) is 0.400. The molecule has 2 nitrogen and oxygen atoms in total. The Balaban J connectivity index is 2.21. The van der Waals surface area contributed by atoms with Crippen molar-refractivity contribution in [2.45, 2.75) is 22.7 Å². The minimum Gasteiger partial charge on any atom is -0.303 e. The molecule has 0 spiro atoms. The van der Waals surface area contributed by atoms with Crippen LogP contribution in [0.2, 0.25) is 0 Å². The van der Waals surface area contributed by atoms with Crippen LogP contribution < -0.4 is 5.90 Å². The highest BCUT2D eigenvalue weighted by Gasteiger charge is 2.32. The first-order valence-electron chi connectivity index (χ1n) is 4.69. The molecule has 1 aliphatic rings. The lowest BCUT2D eigenvalue weighted by Crippen LogP contribution is -2.13. The van der Waals surface area contributed by atoms with Crippen molar-refractivity contribution in [2.75, 3.05) is 6.61 Å². The largest absolute Gasteiger partial charge is 0.416 e. The molecule has 2 rings (SSSR count). The first kappa shape index (κ1) is 11.8. The minimum absolute atomic E-state index is 0.114. The van der Waals surface area contributed by atoms with Gasteiger partial charge in [-0.25, -0.2) is 5.90 Å². The molecule has 16 heavy (non-hydrogen) atoms. The summed E-state index contributed by atoms with van der Waals surface area (Å²) in [6, 6.07) is 3.84. The van der Waals surface area contributed by atoms with E-state index >= 15 is 0 Å². The Morgan fingerprint density at radius 2 is 2.19 bits per heavy atom. The molecule has 1 heterocycles. The number of benzene rings is 1. The fourth-order valence-electron chi connectivity index (χ4n) is 1.68. The summed E-state index contributed by atoms with van der Waals surface area (Å²) in [6.07, 6.45) is -3.58.